The summed E-state index contributed by atoms with van der Waals surface area (Å²) in [6.07, 6.45) is 46.6. The van der Waals surface area contributed by atoms with Crippen LogP contribution in [0.2, 0.25) is 0 Å². The highest BCUT2D eigenvalue weighted by atomic mass is 16.5. The zero-order valence-corrected chi connectivity index (χ0v) is 45.0. The molecule has 0 aromatic heterocycles. The van der Waals surface area contributed by atoms with E-state index in [0.717, 1.165) is 96.1 Å². The Labute approximate surface area is 406 Å². The minimum absolute atomic E-state index is 0.0371. The van der Waals surface area contributed by atoms with E-state index in [1.54, 1.807) is 0 Å². The van der Waals surface area contributed by atoms with Crippen molar-refractivity contribution in [3.63, 3.8) is 0 Å². The number of rotatable bonds is 51. The highest BCUT2D eigenvalue weighted by molar-refractivity contribution is 5.76. The number of ether oxygens (including phenoxy) is 2. The third kappa shape index (κ3) is 42.2. The topological polar surface area (TPSA) is 76.2 Å². The van der Waals surface area contributed by atoms with Crippen LogP contribution in [0.5, 0.6) is 0 Å². The zero-order valence-electron chi connectivity index (χ0n) is 45.0. The third-order valence-corrected chi connectivity index (χ3v) is 14.0. The lowest BCUT2D eigenvalue weighted by atomic mass is 9.91. The number of carbonyl (C=O) groups is 3. The van der Waals surface area contributed by atoms with E-state index in [4.69, 9.17) is 9.47 Å². The molecule has 7 nitrogen and oxygen atoms in total. The third-order valence-electron chi connectivity index (χ3n) is 14.0. The molecule has 7 heteroatoms. The summed E-state index contributed by atoms with van der Waals surface area (Å²) < 4.78 is 11.7. The van der Waals surface area contributed by atoms with Crippen molar-refractivity contribution in [2.45, 2.75) is 304 Å². The minimum Gasteiger partial charge on any atom is -0.466 e. The second-order valence-corrected chi connectivity index (χ2v) is 20.6. The van der Waals surface area contributed by atoms with Gasteiger partial charge in [0.1, 0.15) is 0 Å². The second kappa shape index (κ2) is 48.8. The van der Waals surface area contributed by atoms with Gasteiger partial charge in [0.15, 0.2) is 0 Å². The van der Waals surface area contributed by atoms with E-state index in [9.17, 15) is 14.4 Å². The largest absolute Gasteiger partial charge is 0.466 e. The van der Waals surface area contributed by atoms with Gasteiger partial charge in [-0.25, -0.2) is 0 Å². The molecule has 65 heavy (non-hydrogen) atoms. The molecule has 0 bridgehead atoms. The van der Waals surface area contributed by atoms with Crippen LogP contribution in [-0.4, -0.2) is 74.1 Å². The smallest absolute Gasteiger partial charge is 0.305 e. The Kier molecular flexibility index (Phi) is 47.6. The van der Waals surface area contributed by atoms with Crippen LogP contribution in [0.4, 0.5) is 0 Å². The van der Waals surface area contributed by atoms with E-state index in [1.807, 2.05) is 0 Å². The summed E-state index contributed by atoms with van der Waals surface area (Å²) in [6.45, 7) is 14.2. The molecular weight excluding hydrogens is 805 g/mol. The van der Waals surface area contributed by atoms with E-state index in [-0.39, 0.29) is 18.0 Å². The first kappa shape index (κ1) is 63.4. The molecule has 1 amide bonds. The molecule has 2 unspecified atom stereocenters. The molecule has 2 atom stereocenters. The lowest BCUT2D eigenvalue weighted by molar-refractivity contribution is -0.145. The van der Waals surface area contributed by atoms with Crippen LogP contribution in [0.3, 0.4) is 0 Å². The highest BCUT2D eigenvalue weighted by Crippen LogP contribution is 2.25. The average Bonchev–Trinajstić information content (AvgIpc) is 3.29. The Balaban J connectivity index is 5.19. The first-order chi connectivity index (χ1) is 31.7. The van der Waals surface area contributed by atoms with Crippen molar-refractivity contribution >= 4 is 17.8 Å². The molecule has 0 aliphatic heterocycles. The van der Waals surface area contributed by atoms with Crippen molar-refractivity contribution in [1.29, 1.82) is 0 Å². The summed E-state index contributed by atoms with van der Waals surface area (Å²) in [5, 5.41) is 0. The monoisotopic (exact) mass is 919 g/mol. The van der Waals surface area contributed by atoms with Gasteiger partial charge in [-0.3, -0.25) is 14.4 Å². The summed E-state index contributed by atoms with van der Waals surface area (Å²) in [4.78, 5) is 44.1. The number of esters is 2. The van der Waals surface area contributed by atoms with Crippen molar-refractivity contribution in [2.24, 2.45) is 11.8 Å². The van der Waals surface area contributed by atoms with Crippen molar-refractivity contribution in [2.75, 3.05) is 40.4 Å². The van der Waals surface area contributed by atoms with Crippen molar-refractivity contribution < 1.29 is 23.9 Å². The maximum atomic E-state index is 13.9. The fraction of sp³-hybridized carbons (Fsp3) is 0.948. The van der Waals surface area contributed by atoms with Crippen molar-refractivity contribution in [3.8, 4) is 0 Å². The van der Waals surface area contributed by atoms with Gasteiger partial charge in [0, 0.05) is 31.8 Å². The number of unbranched alkanes of at least 4 members (excludes halogenated alkanes) is 22. The molecule has 0 rings (SSSR count). The number of carbonyl (C=O) groups excluding carboxylic acids is 3. The van der Waals surface area contributed by atoms with Crippen molar-refractivity contribution in [1.82, 2.24) is 9.80 Å². The van der Waals surface area contributed by atoms with Gasteiger partial charge in [0.25, 0.3) is 0 Å². The Morgan fingerprint density at radius 1 is 0.369 bits per heavy atom. The second-order valence-electron chi connectivity index (χ2n) is 20.6. The van der Waals surface area contributed by atoms with Crippen LogP contribution in [0.1, 0.15) is 298 Å². The zero-order chi connectivity index (χ0) is 47.9. The molecule has 386 valence electrons. The number of hydrogen-bond acceptors (Lipinski definition) is 6. The molecule has 0 aromatic carbocycles. The van der Waals surface area contributed by atoms with Gasteiger partial charge in [-0.2, -0.15) is 0 Å². The highest BCUT2D eigenvalue weighted by Gasteiger charge is 2.23. The lowest BCUT2D eigenvalue weighted by Gasteiger charge is -2.33. The lowest BCUT2D eigenvalue weighted by Crippen LogP contribution is -2.41. The number of amides is 1. The number of nitrogens with zero attached hydrogens (tertiary/aromatic N) is 2. The van der Waals surface area contributed by atoms with Gasteiger partial charge < -0.3 is 19.3 Å². The first-order valence-corrected chi connectivity index (χ1v) is 29.0. The molecule has 0 saturated carbocycles. The molecule has 0 N–H and O–H groups in total. The van der Waals surface area contributed by atoms with E-state index in [1.165, 1.54) is 167 Å². The van der Waals surface area contributed by atoms with Gasteiger partial charge in [0.05, 0.1) is 13.2 Å². The van der Waals surface area contributed by atoms with Crippen LogP contribution in [0, 0.1) is 11.8 Å². The Hall–Kier alpha value is -1.63. The average molecular weight is 920 g/mol. The molecule has 0 spiro atoms. The SMILES string of the molecule is CCCCCCCCC(CCCCCC)COC(=O)CCCCCC(CCCCCC(=O)OCCCC(CCCCCC)CCCCCC)N(CCCN(C)C)C(=O)CCCCCCC. The van der Waals surface area contributed by atoms with Crippen LogP contribution < -0.4 is 0 Å². The van der Waals surface area contributed by atoms with Gasteiger partial charge >= 0.3 is 11.9 Å². The standard InChI is InChI=1S/C58H114N2O5/c1-8-13-18-23-25-31-42-54(41-30-22-17-12-5)52-65-58(63)48-36-27-33-45-55(60(50-38-49-59(6)7)56(61)46-34-24-19-14-9-2)44-32-26-35-47-57(62)64-51-37-43-53(39-28-20-15-10-3)40-29-21-16-11-4/h53-55H,8-52H2,1-7H3. The molecule has 0 fully saturated rings. The number of hydrogen-bond donors (Lipinski definition) is 0. The van der Waals surface area contributed by atoms with E-state index < -0.39 is 0 Å². The molecule has 0 saturated heterocycles. The summed E-state index contributed by atoms with van der Waals surface area (Å²) in [5.41, 5.74) is 0. The molecule has 0 aromatic rings. The van der Waals surface area contributed by atoms with Gasteiger partial charge in [-0.15, -0.1) is 0 Å². The Bertz CT molecular complexity index is 1020. The van der Waals surface area contributed by atoms with Crippen LogP contribution >= 0.6 is 0 Å². The van der Waals surface area contributed by atoms with E-state index in [2.05, 4.69) is 58.5 Å². The molecule has 0 aliphatic carbocycles. The van der Waals surface area contributed by atoms with Gasteiger partial charge in [-0.05, 0) is 96.7 Å². The molecule has 0 aliphatic rings. The molecule has 0 radical (unpaired) electrons. The van der Waals surface area contributed by atoms with Gasteiger partial charge in [-0.1, -0.05) is 214 Å². The fourth-order valence-electron chi connectivity index (χ4n) is 9.65. The summed E-state index contributed by atoms with van der Waals surface area (Å²) >= 11 is 0. The first-order valence-electron chi connectivity index (χ1n) is 29.0. The summed E-state index contributed by atoms with van der Waals surface area (Å²) in [6, 6.07) is 0.200. The molecular formula is C58H114N2O5. The van der Waals surface area contributed by atoms with E-state index >= 15 is 0 Å². The normalized spacial score (nSPS) is 12.6. The van der Waals surface area contributed by atoms with Crippen molar-refractivity contribution in [3.05, 3.63) is 0 Å². The Morgan fingerprint density at radius 2 is 0.738 bits per heavy atom. The predicted molar refractivity (Wildman–Crippen MR) is 281 cm³/mol. The Morgan fingerprint density at radius 3 is 1.23 bits per heavy atom. The predicted octanol–water partition coefficient (Wildman–Crippen LogP) is 17.2. The quantitative estimate of drug-likeness (QED) is 0.0447. The fourth-order valence-corrected chi connectivity index (χ4v) is 9.65. The van der Waals surface area contributed by atoms with E-state index in [0.29, 0.717) is 44.3 Å². The summed E-state index contributed by atoms with van der Waals surface area (Å²) in [5.74, 6) is 1.49. The summed E-state index contributed by atoms with van der Waals surface area (Å²) in [7, 11) is 4.22. The van der Waals surface area contributed by atoms with Crippen LogP contribution in [0.25, 0.3) is 0 Å². The maximum absolute atomic E-state index is 13.9. The molecule has 0 heterocycles. The van der Waals surface area contributed by atoms with Gasteiger partial charge in [0.2, 0.25) is 5.91 Å². The maximum Gasteiger partial charge on any atom is 0.305 e. The van der Waals surface area contributed by atoms with Crippen LogP contribution in [0.15, 0.2) is 0 Å². The minimum atomic E-state index is -0.0496. The van der Waals surface area contributed by atoms with Crippen LogP contribution in [-0.2, 0) is 23.9 Å².